The summed E-state index contributed by atoms with van der Waals surface area (Å²) in [4.78, 5) is 3.44. The minimum Gasteiger partial charge on any atom is -0.393 e. The van der Waals surface area contributed by atoms with Gasteiger partial charge in [-0.05, 0) is 13.3 Å². The second-order valence-corrected chi connectivity index (χ2v) is 3.73. The normalized spacial score (nSPS) is 12.6. The van der Waals surface area contributed by atoms with Gasteiger partial charge in [0.2, 0.25) is 11.6 Å². The van der Waals surface area contributed by atoms with Gasteiger partial charge in [-0.2, -0.15) is 22.5 Å². The van der Waals surface area contributed by atoms with Gasteiger partial charge in [0, 0.05) is 13.6 Å². The van der Waals surface area contributed by atoms with Crippen LogP contribution in [0.2, 0.25) is 0 Å². The van der Waals surface area contributed by atoms with E-state index in [1.165, 1.54) is 14.0 Å². The molecule has 1 N–H and O–H groups in total. The Bertz CT molecular complexity index is 386. The summed E-state index contributed by atoms with van der Waals surface area (Å²) in [6.07, 6.45) is -0.471. The van der Waals surface area contributed by atoms with Crippen molar-refractivity contribution in [3.63, 3.8) is 0 Å². The molecule has 17 heavy (non-hydrogen) atoms. The van der Waals surface area contributed by atoms with Crippen molar-refractivity contribution in [3.05, 3.63) is 23.5 Å². The number of hydrogen-bond donors (Lipinski definition) is 1. The molecule has 0 bridgehead atoms. The molecule has 0 aromatic carbocycles. The van der Waals surface area contributed by atoms with Crippen molar-refractivity contribution in [2.75, 3.05) is 18.5 Å². The van der Waals surface area contributed by atoms with Crippen molar-refractivity contribution < 1.29 is 22.7 Å². The lowest BCUT2D eigenvalue weighted by atomic mass is 10.2. The highest BCUT2D eigenvalue weighted by Gasteiger charge is 2.23. The summed E-state index contributed by atoms with van der Waals surface area (Å²) in [5.74, 6) is -6.47. The van der Waals surface area contributed by atoms with Crippen LogP contribution in [0.1, 0.15) is 13.3 Å². The van der Waals surface area contributed by atoms with Crippen LogP contribution in [-0.2, 0) is 0 Å². The minimum absolute atomic E-state index is 0.0500. The van der Waals surface area contributed by atoms with Crippen LogP contribution < -0.4 is 4.90 Å². The Morgan fingerprint density at radius 1 is 1.18 bits per heavy atom. The summed E-state index contributed by atoms with van der Waals surface area (Å²) in [5, 5.41) is 9.02. The fourth-order valence-electron chi connectivity index (χ4n) is 1.30. The highest BCUT2D eigenvalue weighted by Crippen LogP contribution is 2.25. The van der Waals surface area contributed by atoms with Crippen molar-refractivity contribution in [2.24, 2.45) is 0 Å². The molecule has 1 atom stereocenters. The van der Waals surface area contributed by atoms with E-state index < -0.39 is 35.3 Å². The van der Waals surface area contributed by atoms with E-state index in [-0.39, 0.29) is 13.0 Å². The van der Waals surface area contributed by atoms with Gasteiger partial charge in [0.15, 0.2) is 0 Å². The standard InChI is InChI=1S/C10H12F4N2O/c1-5(17)3-4-16(2)8-6(11)9(13)15-10(14)7(8)12/h5,17H,3-4H2,1-2H3. The number of halogens is 4. The second-order valence-electron chi connectivity index (χ2n) is 3.73. The van der Waals surface area contributed by atoms with Gasteiger partial charge in [0.25, 0.3) is 11.9 Å². The molecule has 0 radical (unpaired) electrons. The number of aliphatic hydroxyl groups excluding tert-OH is 1. The number of pyridine rings is 1. The van der Waals surface area contributed by atoms with Crippen molar-refractivity contribution in [2.45, 2.75) is 19.4 Å². The van der Waals surface area contributed by atoms with E-state index >= 15 is 0 Å². The van der Waals surface area contributed by atoms with Gasteiger partial charge in [-0.1, -0.05) is 0 Å². The Morgan fingerprint density at radius 2 is 1.65 bits per heavy atom. The van der Waals surface area contributed by atoms with Gasteiger partial charge in [-0.25, -0.2) is 0 Å². The van der Waals surface area contributed by atoms with Crippen molar-refractivity contribution in [1.29, 1.82) is 0 Å². The number of aliphatic hydroxyl groups is 1. The van der Waals surface area contributed by atoms with E-state index in [1.807, 2.05) is 0 Å². The maximum absolute atomic E-state index is 13.3. The third-order valence-electron chi connectivity index (χ3n) is 2.24. The van der Waals surface area contributed by atoms with Crippen LogP contribution in [0.15, 0.2) is 0 Å². The molecule has 0 amide bonds. The molecule has 0 aliphatic carbocycles. The van der Waals surface area contributed by atoms with Crippen LogP contribution in [0.3, 0.4) is 0 Å². The molecule has 0 saturated carbocycles. The summed E-state index contributed by atoms with van der Waals surface area (Å²) >= 11 is 0. The van der Waals surface area contributed by atoms with Crippen molar-refractivity contribution in [1.82, 2.24) is 4.98 Å². The second kappa shape index (κ2) is 5.31. The maximum atomic E-state index is 13.3. The molecule has 0 aliphatic rings. The van der Waals surface area contributed by atoms with Crippen LogP contribution in [-0.4, -0.2) is 29.8 Å². The highest BCUT2D eigenvalue weighted by molar-refractivity contribution is 5.47. The van der Waals surface area contributed by atoms with Gasteiger partial charge in [0.05, 0.1) is 6.10 Å². The van der Waals surface area contributed by atoms with Crippen LogP contribution in [0.4, 0.5) is 23.2 Å². The molecule has 1 aromatic rings. The molecule has 1 aromatic heterocycles. The van der Waals surface area contributed by atoms with E-state index in [1.54, 1.807) is 0 Å². The third-order valence-corrected chi connectivity index (χ3v) is 2.24. The summed E-state index contributed by atoms with van der Waals surface area (Å²) in [7, 11) is 1.27. The molecule has 96 valence electrons. The van der Waals surface area contributed by atoms with E-state index in [9.17, 15) is 17.6 Å². The molecule has 1 unspecified atom stereocenters. The monoisotopic (exact) mass is 252 g/mol. The maximum Gasteiger partial charge on any atom is 0.253 e. The van der Waals surface area contributed by atoms with E-state index in [0.29, 0.717) is 0 Å². The van der Waals surface area contributed by atoms with Gasteiger partial charge in [-0.15, -0.1) is 0 Å². The molecular formula is C10H12F4N2O. The first-order valence-electron chi connectivity index (χ1n) is 4.93. The highest BCUT2D eigenvalue weighted by atomic mass is 19.2. The minimum atomic E-state index is -1.69. The van der Waals surface area contributed by atoms with Gasteiger partial charge in [-0.3, -0.25) is 0 Å². The van der Waals surface area contributed by atoms with Gasteiger partial charge in [0.1, 0.15) is 5.69 Å². The fraction of sp³-hybridized carbons (Fsp3) is 0.500. The first kappa shape index (κ1) is 13.7. The average molecular weight is 252 g/mol. The predicted molar refractivity (Wildman–Crippen MR) is 53.6 cm³/mol. The Balaban J connectivity index is 3.03. The molecule has 0 aliphatic heterocycles. The van der Waals surface area contributed by atoms with Crippen LogP contribution in [0.25, 0.3) is 0 Å². The average Bonchev–Trinajstić information content (AvgIpc) is 2.24. The van der Waals surface area contributed by atoms with Crippen molar-refractivity contribution >= 4 is 5.69 Å². The Labute approximate surface area is 95.7 Å². The number of anilines is 1. The smallest absolute Gasteiger partial charge is 0.253 e. The summed E-state index contributed by atoms with van der Waals surface area (Å²) in [6.45, 7) is 1.54. The first-order valence-corrected chi connectivity index (χ1v) is 4.93. The summed E-state index contributed by atoms with van der Waals surface area (Å²) < 4.78 is 52.2. The number of hydrogen-bond acceptors (Lipinski definition) is 3. The zero-order valence-electron chi connectivity index (χ0n) is 9.35. The van der Waals surface area contributed by atoms with E-state index in [0.717, 1.165) is 4.90 Å². The zero-order chi connectivity index (χ0) is 13.2. The van der Waals surface area contributed by atoms with E-state index in [2.05, 4.69) is 4.98 Å². The first-order chi connectivity index (χ1) is 7.84. The lowest BCUT2D eigenvalue weighted by molar-refractivity contribution is 0.186. The molecule has 0 fully saturated rings. The van der Waals surface area contributed by atoms with Gasteiger partial charge < -0.3 is 10.0 Å². The molecule has 3 nitrogen and oxygen atoms in total. The number of aromatic nitrogens is 1. The summed E-state index contributed by atoms with van der Waals surface area (Å²) in [5.41, 5.74) is -0.823. The number of rotatable bonds is 4. The largest absolute Gasteiger partial charge is 0.393 e. The van der Waals surface area contributed by atoms with Crippen LogP contribution in [0.5, 0.6) is 0 Å². The lowest BCUT2D eigenvalue weighted by Crippen LogP contribution is -2.25. The Morgan fingerprint density at radius 3 is 2.06 bits per heavy atom. The zero-order valence-corrected chi connectivity index (χ0v) is 9.35. The third kappa shape index (κ3) is 3.06. The van der Waals surface area contributed by atoms with Crippen LogP contribution >= 0.6 is 0 Å². The molecular weight excluding hydrogens is 240 g/mol. The molecule has 1 heterocycles. The topological polar surface area (TPSA) is 36.4 Å². The molecule has 0 saturated heterocycles. The van der Waals surface area contributed by atoms with E-state index in [4.69, 9.17) is 5.11 Å². The quantitative estimate of drug-likeness (QED) is 0.656. The molecule has 1 rings (SSSR count). The lowest BCUT2D eigenvalue weighted by Gasteiger charge is -2.21. The Kier molecular flexibility index (Phi) is 4.28. The van der Waals surface area contributed by atoms with Crippen molar-refractivity contribution in [3.8, 4) is 0 Å². The fourth-order valence-corrected chi connectivity index (χ4v) is 1.30. The SMILES string of the molecule is CC(O)CCN(C)c1c(F)c(F)nc(F)c1F. The predicted octanol–water partition coefficient (Wildman–Crippen LogP) is 1.85. The Hall–Kier alpha value is -1.37. The molecule has 7 heteroatoms. The summed E-state index contributed by atoms with van der Waals surface area (Å²) in [6, 6.07) is 0. The van der Waals surface area contributed by atoms with Crippen LogP contribution in [0, 0.1) is 23.5 Å². The molecule has 0 spiro atoms. The number of nitrogens with zero attached hydrogens (tertiary/aromatic N) is 2. The van der Waals surface area contributed by atoms with Gasteiger partial charge >= 0.3 is 0 Å².